The molecule has 0 aliphatic carbocycles. The summed E-state index contributed by atoms with van der Waals surface area (Å²) >= 11 is 4.83. The van der Waals surface area contributed by atoms with Crippen LogP contribution in [-0.4, -0.2) is 21.8 Å². The molecular weight excluding hydrogens is 190 g/mol. The molecule has 0 saturated carbocycles. The zero-order valence-electron chi connectivity index (χ0n) is 5.57. The number of hydrogen-bond acceptors (Lipinski definition) is 6. The van der Waals surface area contributed by atoms with Gasteiger partial charge in [-0.1, -0.05) is 0 Å². The number of rotatable bonds is 1. The van der Waals surface area contributed by atoms with Crippen LogP contribution in [0.3, 0.4) is 0 Å². The third-order valence-corrected chi connectivity index (χ3v) is 0.962. The number of amides is 1. The molecule has 0 fully saturated rings. The summed E-state index contributed by atoms with van der Waals surface area (Å²) in [6.07, 6.45) is 0.910. The average molecular weight is 194 g/mol. The molecule has 0 unspecified atom stereocenters. The Hall–Kier alpha value is -1.31. The summed E-state index contributed by atoms with van der Waals surface area (Å²) in [6.45, 7) is 0. The Kier molecular flexibility index (Phi) is 2.48. The quantitative estimate of drug-likeness (QED) is 0.484. The van der Waals surface area contributed by atoms with Crippen LogP contribution in [0.4, 0.5) is 4.79 Å². The van der Waals surface area contributed by atoms with Crippen LogP contribution in [0.5, 0.6) is 0 Å². The molecule has 0 aromatic rings. The van der Waals surface area contributed by atoms with Crippen molar-refractivity contribution in [2.75, 3.05) is 0 Å². The largest absolute Gasteiger partial charge is 0.410 e. The molecule has 0 aromatic carbocycles. The van der Waals surface area contributed by atoms with Crippen LogP contribution in [0, 0.1) is 0 Å². The lowest BCUT2D eigenvalue weighted by molar-refractivity contribution is -0.189. The summed E-state index contributed by atoms with van der Waals surface area (Å²) in [4.78, 5) is 20.8. The second-order valence-electron chi connectivity index (χ2n) is 1.75. The van der Waals surface area contributed by atoms with Crippen LogP contribution in [0.15, 0.2) is 12.0 Å². The number of nitrogens with zero attached hydrogens (tertiary/aromatic N) is 1. The van der Waals surface area contributed by atoms with Gasteiger partial charge in [0, 0.05) is 11.6 Å². The lowest BCUT2D eigenvalue weighted by atomic mass is 10.5. The van der Waals surface area contributed by atoms with E-state index in [1.54, 1.807) is 0 Å². The summed E-state index contributed by atoms with van der Waals surface area (Å²) in [5.41, 5.74) is 2.87. The average Bonchev–Trinajstić information content (AvgIpc) is 1.81. The van der Waals surface area contributed by atoms with Gasteiger partial charge in [0.05, 0.1) is 6.08 Å². The number of halogens is 1. The van der Waals surface area contributed by atoms with E-state index in [0.717, 1.165) is 6.08 Å². The van der Waals surface area contributed by atoms with Gasteiger partial charge in [-0.3, -0.25) is 10.0 Å². The monoisotopic (exact) mass is 193 g/mol. The number of hydrazine groups is 2. The minimum Gasteiger partial charge on any atom is -0.396 e. The van der Waals surface area contributed by atoms with Crippen molar-refractivity contribution in [2.24, 2.45) is 0 Å². The van der Waals surface area contributed by atoms with Gasteiger partial charge in [0.2, 0.25) is 5.88 Å². The minimum absolute atomic E-state index is 0.234. The van der Waals surface area contributed by atoms with E-state index in [-0.39, 0.29) is 11.2 Å². The second kappa shape index (κ2) is 3.39. The standard InChI is InChI=1S/C4H4ClN3O4/c5-4(10)12-3-1-2(9)6-8(11)7-3/h1,7,11H,(H,6,9). The minimum atomic E-state index is -1.11. The lowest BCUT2D eigenvalue weighted by Crippen LogP contribution is -2.51. The number of carbonyl (C=O) groups excluding carboxylic acids is 2. The van der Waals surface area contributed by atoms with Gasteiger partial charge in [-0.15, -0.1) is 0 Å². The molecule has 3 N–H and O–H groups in total. The molecule has 1 rings (SSSR count). The van der Waals surface area contributed by atoms with Crippen molar-refractivity contribution in [3.63, 3.8) is 0 Å². The molecule has 1 aliphatic heterocycles. The zero-order chi connectivity index (χ0) is 9.14. The number of carbonyl (C=O) groups is 2. The van der Waals surface area contributed by atoms with E-state index in [1.807, 2.05) is 5.43 Å². The second-order valence-corrected chi connectivity index (χ2v) is 2.06. The summed E-state index contributed by atoms with van der Waals surface area (Å²) in [7, 11) is 0. The predicted octanol–water partition coefficient (Wildman–Crippen LogP) is -0.556. The van der Waals surface area contributed by atoms with Crippen LogP contribution < -0.4 is 10.9 Å². The summed E-state index contributed by atoms with van der Waals surface area (Å²) in [5, 5.41) is 8.91. The normalized spacial score (nSPS) is 17.5. The first-order chi connectivity index (χ1) is 5.58. The van der Waals surface area contributed by atoms with E-state index in [2.05, 4.69) is 10.2 Å². The van der Waals surface area contributed by atoms with Crippen LogP contribution in [0.1, 0.15) is 0 Å². The van der Waals surface area contributed by atoms with E-state index < -0.39 is 11.3 Å². The topological polar surface area (TPSA) is 90.9 Å². The highest BCUT2D eigenvalue weighted by atomic mass is 35.5. The first-order valence-electron chi connectivity index (χ1n) is 2.73. The van der Waals surface area contributed by atoms with Crippen LogP contribution in [-0.2, 0) is 9.53 Å². The fourth-order valence-electron chi connectivity index (χ4n) is 0.559. The number of hydrogen-bond donors (Lipinski definition) is 3. The van der Waals surface area contributed by atoms with Crippen molar-refractivity contribution < 1.29 is 19.5 Å². The maximum atomic E-state index is 10.6. The van der Waals surface area contributed by atoms with Crippen molar-refractivity contribution >= 4 is 22.9 Å². The molecule has 0 aromatic heterocycles. The smallest absolute Gasteiger partial charge is 0.396 e. The van der Waals surface area contributed by atoms with Crippen molar-refractivity contribution in [3.05, 3.63) is 12.0 Å². The van der Waals surface area contributed by atoms with E-state index in [4.69, 9.17) is 16.8 Å². The van der Waals surface area contributed by atoms with Gasteiger partial charge in [0.25, 0.3) is 5.91 Å². The molecule has 12 heavy (non-hydrogen) atoms. The zero-order valence-corrected chi connectivity index (χ0v) is 6.33. The molecule has 1 aliphatic rings. The maximum absolute atomic E-state index is 10.6. The molecule has 1 amide bonds. The highest BCUT2D eigenvalue weighted by molar-refractivity contribution is 6.61. The van der Waals surface area contributed by atoms with Crippen LogP contribution >= 0.6 is 11.6 Å². The van der Waals surface area contributed by atoms with Crippen molar-refractivity contribution in [2.45, 2.75) is 0 Å². The van der Waals surface area contributed by atoms with Gasteiger partial charge in [-0.25, -0.2) is 15.6 Å². The van der Waals surface area contributed by atoms with Gasteiger partial charge in [-0.05, 0) is 5.28 Å². The van der Waals surface area contributed by atoms with E-state index in [1.165, 1.54) is 0 Å². The summed E-state index contributed by atoms with van der Waals surface area (Å²) < 4.78 is 4.25. The van der Waals surface area contributed by atoms with Crippen LogP contribution in [0.25, 0.3) is 0 Å². The Morgan fingerprint density at radius 3 is 2.83 bits per heavy atom. The summed E-state index contributed by atoms with van der Waals surface area (Å²) in [5.74, 6) is -0.912. The highest BCUT2D eigenvalue weighted by Crippen LogP contribution is 2.00. The first kappa shape index (κ1) is 8.78. The molecule has 0 spiro atoms. The van der Waals surface area contributed by atoms with E-state index in [0.29, 0.717) is 0 Å². The third kappa shape index (κ3) is 2.38. The summed E-state index contributed by atoms with van der Waals surface area (Å²) in [6, 6.07) is 0. The number of ether oxygens (including phenoxy) is 1. The molecule has 66 valence electrons. The molecule has 7 nitrogen and oxygen atoms in total. The van der Waals surface area contributed by atoms with Crippen molar-refractivity contribution in [1.29, 1.82) is 0 Å². The molecule has 1 heterocycles. The first-order valence-corrected chi connectivity index (χ1v) is 3.11. The van der Waals surface area contributed by atoms with Crippen molar-refractivity contribution in [3.8, 4) is 0 Å². The fourth-order valence-corrected chi connectivity index (χ4v) is 0.642. The van der Waals surface area contributed by atoms with E-state index >= 15 is 0 Å². The predicted molar refractivity (Wildman–Crippen MR) is 35.3 cm³/mol. The van der Waals surface area contributed by atoms with Gasteiger partial charge < -0.3 is 4.74 Å². The van der Waals surface area contributed by atoms with Gasteiger partial charge >= 0.3 is 5.43 Å². The SMILES string of the molecule is O=C1C=C(OC(=O)Cl)NN(O)N1. The lowest BCUT2D eigenvalue weighted by Gasteiger charge is -2.21. The highest BCUT2D eigenvalue weighted by Gasteiger charge is 2.16. The molecule has 8 heteroatoms. The van der Waals surface area contributed by atoms with E-state index in [9.17, 15) is 9.59 Å². The van der Waals surface area contributed by atoms with Crippen LogP contribution in [0.2, 0.25) is 0 Å². The molecule has 0 bridgehead atoms. The van der Waals surface area contributed by atoms with Gasteiger partial charge in [0.1, 0.15) is 0 Å². The van der Waals surface area contributed by atoms with Crippen molar-refractivity contribution in [1.82, 2.24) is 16.1 Å². The van der Waals surface area contributed by atoms with Gasteiger partial charge in [-0.2, -0.15) is 0 Å². The number of nitrogens with one attached hydrogen (secondary N) is 2. The molecular formula is C4H4ClN3O4. The Labute approximate surface area is 71.4 Å². The maximum Gasteiger partial charge on any atom is 0.410 e. The fraction of sp³-hybridized carbons (Fsp3) is 0. The molecule has 0 saturated heterocycles. The Bertz CT molecular complexity index is 253. The third-order valence-electron chi connectivity index (χ3n) is 0.885. The van der Waals surface area contributed by atoms with Gasteiger partial charge in [0.15, 0.2) is 0 Å². The Balaban J connectivity index is 2.63. The molecule has 0 atom stereocenters. The molecule has 0 radical (unpaired) electrons. The Morgan fingerprint density at radius 1 is 1.67 bits per heavy atom. The Morgan fingerprint density at radius 2 is 2.33 bits per heavy atom.